The van der Waals surface area contributed by atoms with Gasteiger partial charge in [0.25, 0.3) is 5.91 Å². The lowest BCUT2D eigenvalue weighted by Gasteiger charge is -2.34. The number of fused-ring (bicyclic) bond motifs is 1. The maximum Gasteiger partial charge on any atom is 0.326 e. The molecule has 1 aliphatic heterocycles. The predicted octanol–water partition coefficient (Wildman–Crippen LogP) is 1.62. The predicted molar refractivity (Wildman–Crippen MR) is 97.9 cm³/mol. The molecule has 1 aromatic rings. The SMILES string of the molecule is CC(=O)c1ccc2c(c1)N(C(C)C(=O)NC(CC(C)C)C(=O)O)C(=O)CO2. The second-order valence-corrected chi connectivity index (χ2v) is 7.00. The van der Waals surface area contributed by atoms with Crippen LogP contribution in [0.5, 0.6) is 5.75 Å². The van der Waals surface area contributed by atoms with Gasteiger partial charge in [0, 0.05) is 5.56 Å². The van der Waals surface area contributed by atoms with Gasteiger partial charge in [0.1, 0.15) is 17.8 Å². The van der Waals surface area contributed by atoms with E-state index in [1.165, 1.54) is 24.8 Å². The molecule has 1 heterocycles. The van der Waals surface area contributed by atoms with Gasteiger partial charge in [-0.05, 0) is 44.4 Å². The minimum Gasteiger partial charge on any atom is -0.482 e. The fourth-order valence-corrected chi connectivity index (χ4v) is 2.92. The Kier molecular flexibility index (Phi) is 6.20. The average molecular weight is 376 g/mol. The van der Waals surface area contributed by atoms with Crippen LogP contribution in [0.2, 0.25) is 0 Å². The number of carbonyl (C=O) groups is 4. The molecule has 0 saturated carbocycles. The van der Waals surface area contributed by atoms with Gasteiger partial charge >= 0.3 is 5.97 Å². The Labute approximate surface area is 157 Å². The summed E-state index contributed by atoms with van der Waals surface area (Å²) in [6, 6.07) is 2.66. The minimum absolute atomic E-state index is 0.0746. The third-order valence-corrected chi connectivity index (χ3v) is 4.33. The number of Topliss-reactive ketones (excluding diaryl/α,β-unsaturated/α-hetero) is 1. The van der Waals surface area contributed by atoms with Crippen molar-refractivity contribution in [3.05, 3.63) is 23.8 Å². The lowest BCUT2D eigenvalue weighted by molar-refractivity contribution is -0.142. The quantitative estimate of drug-likeness (QED) is 0.699. The first-order chi connectivity index (χ1) is 12.6. The zero-order valence-corrected chi connectivity index (χ0v) is 15.8. The summed E-state index contributed by atoms with van der Waals surface area (Å²) in [5, 5.41) is 11.8. The largest absolute Gasteiger partial charge is 0.482 e. The van der Waals surface area contributed by atoms with Crippen molar-refractivity contribution in [1.29, 1.82) is 0 Å². The number of ether oxygens (including phenoxy) is 1. The van der Waals surface area contributed by atoms with Crippen molar-refractivity contribution in [1.82, 2.24) is 5.32 Å². The van der Waals surface area contributed by atoms with Crippen LogP contribution in [0, 0.1) is 5.92 Å². The Hall–Kier alpha value is -2.90. The molecule has 0 bridgehead atoms. The van der Waals surface area contributed by atoms with Crippen LogP contribution in [0.25, 0.3) is 0 Å². The van der Waals surface area contributed by atoms with Crippen LogP contribution in [0.3, 0.4) is 0 Å². The van der Waals surface area contributed by atoms with Crippen LogP contribution in [-0.2, 0) is 14.4 Å². The number of aliphatic carboxylic acids is 1. The van der Waals surface area contributed by atoms with Crippen LogP contribution >= 0.6 is 0 Å². The van der Waals surface area contributed by atoms with Gasteiger partial charge in [0.15, 0.2) is 12.4 Å². The van der Waals surface area contributed by atoms with Gasteiger partial charge in [-0.2, -0.15) is 0 Å². The van der Waals surface area contributed by atoms with E-state index in [1.807, 2.05) is 13.8 Å². The highest BCUT2D eigenvalue weighted by molar-refractivity contribution is 6.05. The lowest BCUT2D eigenvalue weighted by Crippen LogP contribution is -2.54. The smallest absolute Gasteiger partial charge is 0.326 e. The Balaban J connectivity index is 2.29. The topological polar surface area (TPSA) is 113 Å². The normalized spacial score (nSPS) is 15.6. The molecule has 0 aromatic heterocycles. The number of rotatable bonds is 7. The molecule has 0 saturated heterocycles. The Morgan fingerprint density at radius 2 is 1.93 bits per heavy atom. The lowest BCUT2D eigenvalue weighted by atomic mass is 10.0. The van der Waals surface area contributed by atoms with Gasteiger partial charge in [0.05, 0.1) is 5.69 Å². The first-order valence-corrected chi connectivity index (χ1v) is 8.74. The number of carboxylic acid groups (broad SMARTS) is 1. The Morgan fingerprint density at radius 3 is 2.48 bits per heavy atom. The second kappa shape index (κ2) is 8.20. The first kappa shape index (κ1) is 20.4. The highest BCUT2D eigenvalue weighted by Crippen LogP contribution is 2.34. The van der Waals surface area contributed by atoms with Gasteiger partial charge in [-0.25, -0.2) is 4.79 Å². The molecule has 0 radical (unpaired) electrons. The van der Waals surface area contributed by atoms with Crippen molar-refractivity contribution in [3.63, 3.8) is 0 Å². The molecule has 2 N–H and O–H groups in total. The van der Waals surface area contributed by atoms with Crippen LogP contribution in [0.4, 0.5) is 5.69 Å². The molecule has 1 aliphatic rings. The van der Waals surface area contributed by atoms with Crippen molar-refractivity contribution >= 4 is 29.3 Å². The number of hydrogen-bond donors (Lipinski definition) is 2. The molecule has 0 fully saturated rings. The molecule has 2 unspecified atom stereocenters. The van der Waals surface area contributed by atoms with Gasteiger partial charge in [-0.1, -0.05) is 13.8 Å². The van der Waals surface area contributed by atoms with Gasteiger partial charge in [-0.15, -0.1) is 0 Å². The molecule has 2 amide bonds. The molecule has 146 valence electrons. The number of benzene rings is 1. The molecule has 8 nitrogen and oxygen atoms in total. The summed E-state index contributed by atoms with van der Waals surface area (Å²) in [5.74, 6) is -1.88. The van der Waals surface area contributed by atoms with Gasteiger partial charge in [0.2, 0.25) is 5.91 Å². The summed E-state index contributed by atoms with van der Waals surface area (Å²) in [6.45, 7) is 6.39. The van der Waals surface area contributed by atoms with Crippen LogP contribution in [0.15, 0.2) is 18.2 Å². The van der Waals surface area contributed by atoms with Gasteiger partial charge < -0.3 is 15.2 Å². The number of ketones is 1. The van der Waals surface area contributed by atoms with Crippen molar-refractivity contribution in [2.45, 2.75) is 46.2 Å². The average Bonchev–Trinajstić information content (AvgIpc) is 2.59. The zero-order valence-electron chi connectivity index (χ0n) is 15.8. The monoisotopic (exact) mass is 376 g/mol. The third-order valence-electron chi connectivity index (χ3n) is 4.33. The van der Waals surface area contributed by atoms with E-state index in [1.54, 1.807) is 12.1 Å². The molecular weight excluding hydrogens is 352 g/mol. The number of carboxylic acids is 1. The second-order valence-electron chi connectivity index (χ2n) is 7.00. The van der Waals surface area contributed by atoms with E-state index in [0.717, 1.165) is 0 Å². The van der Waals surface area contributed by atoms with Crippen LogP contribution < -0.4 is 15.0 Å². The van der Waals surface area contributed by atoms with E-state index in [-0.39, 0.29) is 24.7 Å². The molecule has 0 aliphatic carbocycles. The van der Waals surface area contributed by atoms with E-state index < -0.39 is 29.9 Å². The van der Waals surface area contributed by atoms with E-state index >= 15 is 0 Å². The molecular formula is C19H24N2O6. The number of hydrogen-bond acceptors (Lipinski definition) is 5. The molecule has 2 atom stereocenters. The summed E-state index contributed by atoms with van der Waals surface area (Å²) in [6.07, 6.45) is 0.274. The number of amides is 2. The Morgan fingerprint density at radius 1 is 1.26 bits per heavy atom. The highest BCUT2D eigenvalue weighted by Gasteiger charge is 2.35. The zero-order chi connectivity index (χ0) is 20.3. The summed E-state index contributed by atoms with van der Waals surface area (Å²) < 4.78 is 5.37. The fraction of sp³-hybridized carbons (Fsp3) is 0.474. The maximum atomic E-state index is 12.6. The van der Waals surface area contributed by atoms with Crippen molar-refractivity contribution in [2.75, 3.05) is 11.5 Å². The third kappa shape index (κ3) is 4.64. The number of carbonyl (C=O) groups excluding carboxylic acids is 3. The molecule has 0 spiro atoms. The van der Waals surface area contributed by atoms with E-state index in [2.05, 4.69) is 5.32 Å². The van der Waals surface area contributed by atoms with Gasteiger partial charge in [-0.3, -0.25) is 19.3 Å². The maximum absolute atomic E-state index is 12.6. The summed E-state index contributed by atoms with van der Waals surface area (Å²) in [5.41, 5.74) is 0.699. The minimum atomic E-state index is -1.13. The standard InChI is InChI=1S/C19H24N2O6/c1-10(2)7-14(19(25)26)20-18(24)11(3)21-15-8-13(12(4)22)5-6-16(15)27-9-17(21)23/h5-6,8,10-11,14H,7,9H2,1-4H3,(H,20,24)(H,25,26). The van der Waals surface area contributed by atoms with Crippen LogP contribution in [-0.4, -0.2) is 47.4 Å². The van der Waals surface area contributed by atoms with Crippen molar-refractivity contribution < 1.29 is 29.0 Å². The summed E-state index contributed by atoms with van der Waals surface area (Å²) in [7, 11) is 0. The van der Waals surface area contributed by atoms with E-state index in [9.17, 15) is 24.3 Å². The summed E-state index contributed by atoms with van der Waals surface area (Å²) in [4.78, 5) is 49.3. The molecule has 8 heteroatoms. The molecule has 1 aromatic carbocycles. The number of nitrogens with one attached hydrogen (secondary N) is 1. The molecule has 2 rings (SSSR count). The highest BCUT2D eigenvalue weighted by atomic mass is 16.5. The Bertz CT molecular complexity index is 773. The number of nitrogens with zero attached hydrogens (tertiary/aromatic N) is 1. The fourth-order valence-electron chi connectivity index (χ4n) is 2.92. The van der Waals surface area contributed by atoms with Crippen LogP contribution in [0.1, 0.15) is 44.5 Å². The number of anilines is 1. The molecule has 27 heavy (non-hydrogen) atoms. The van der Waals surface area contributed by atoms with Crippen molar-refractivity contribution in [2.24, 2.45) is 5.92 Å². The first-order valence-electron chi connectivity index (χ1n) is 8.74. The van der Waals surface area contributed by atoms with Crippen molar-refractivity contribution in [3.8, 4) is 5.75 Å². The van der Waals surface area contributed by atoms with E-state index in [4.69, 9.17) is 4.74 Å². The summed E-state index contributed by atoms with van der Waals surface area (Å²) >= 11 is 0. The van der Waals surface area contributed by atoms with E-state index in [0.29, 0.717) is 17.0 Å².